The smallest absolute Gasteiger partial charge is 0.205 e. The number of rotatable bonds is 2. The molecule has 0 unspecified atom stereocenters. The van der Waals surface area contributed by atoms with Crippen molar-refractivity contribution < 1.29 is 9.47 Å². The lowest BCUT2D eigenvalue weighted by atomic mass is 9.82. The number of fused-ring (bicyclic) bond motifs is 3. The molecule has 0 aliphatic carbocycles. The zero-order valence-corrected chi connectivity index (χ0v) is 14.6. The summed E-state index contributed by atoms with van der Waals surface area (Å²) in [6.07, 6.45) is 0. The number of hydrogen-bond acceptors (Lipinski definition) is 4. The maximum absolute atomic E-state index is 9.71. The van der Waals surface area contributed by atoms with Crippen LogP contribution >= 0.6 is 0 Å². The molecule has 1 aliphatic heterocycles. The maximum atomic E-state index is 9.71. The van der Waals surface area contributed by atoms with Gasteiger partial charge in [-0.2, -0.15) is 5.26 Å². The Morgan fingerprint density at radius 3 is 2.65 bits per heavy atom. The van der Waals surface area contributed by atoms with E-state index >= 15 is 0 Å². The van der Waals surface area contributed by atoms with Gasteiger partial charge in [0.25, 0.3) is 0 Å². The van der Waals surface area contributed by atoms with Crippen molar-refractivity contribution in [3.8, 4) is 17.6 Å². The van der Waals surface area contributed by atoms with Crippen molar-refractivity contribution in [2.75, 3.05) is 7.11 Å². The van der Waals surface area contributed by atoms with Crippen molar-refractivity contribution in [2.24, 2.45) is 5.73 Å². The monoisotopic (exact) mass is 342 g/mol. The third kappa shape index (κ3) is 2.37. The molecule has 1 heterocycles. The normalized spacial score (nSPS) is 16.0. The van der Waals surface area contributed by atoms with Gasteiger partial charge in [0.05, 0.1) is 13.0 Å². The SMILES string of the molecule is COc1ccc([C@H]2C(C#N)=C(N)Oc3c2ccc2ccccc32)cc1C. The standard InChI is InChI=1S/C22H18N2O2/c1-13-11-15(8-10-19(13)25-2)20-17-9-7-14-5-3-4-6-16(14)21(17)26-22(24)18(20)12-23/h3-11,20H,24H2,1-2H3/t20-/m1/s1. The lowest BCUT2D eigenvalue weighted by molar-refractivity contribution is 0.398. The van der Waals surface area contributed by atoms with Gasteiger partial charge >= 0.3 is 0 Å². The van der Waals surface area contributed by atoms with E-state index in [9.17, 15) is 5.26 Å². The highest BCUT2D eigenvalue weighted by atomic mass is 16.5. The molecule has 0 aromatic heterocycles. The molecular weight excluding hydrogens is 324 g/mol. The van der Waals surface area contributed by atoms with Crippen LogP contribution in [0.1, 0.15) is 22.6 Å². The molecule has 26 heavy (non-hydrogen) atoms. The van der Waals surface area contributed by atoms with Gasteiger partial charge in [-0.05, 0) is 29.5 Å². The Balaban J connectivity index is 1.98. The third-order valence-corrected chi connectivity index (χ3v) is 4.86. The van der Waals surface area contributed by atoms with Crippen LogP contribution in [0.15, 0.2) is 66.1 Å². The number of allylic oxidation sites excluding steroid dienone is 1. The fourth-order valence-electron chi connectivity index (χ4n) is 3.61. The first-order valence-corrected chi connectivity index (χ1v) is 8.37. The van der Waals surface area contributed by atoms with Gasteiger partial charge in [-0.25, -0.2) is 0 Å². The Kier molecular flexibility index (Phi) is 3.78. The van der Waals surface area contributed by atoms with E-state index in [1.807, 2.05) is 55.5 Å². The summed E-state index contributed by atoms with van der Waals surface area (Å²) in [6, 6.07) is 20.3. The number of nitrogens with two attached hydrogens (primary N) is 1. The van der Waals surface area contributed by atoms with E-state index in [-0.39, 0.29) is 11.8 Å². The molecule has 0 saturated carbocycles. The number of nitrogens with zero attached hydrogens (tertiary/aromatic N) is 1. The first-order chi connectivity index (χ1) is 12.6. The first-order valence-electron chi connectivity index (χ1n) is 8.37. The predicted molar refractivity (Wildman–Crippen MR) is 101 cm³/mol. The van der Waals surface area contributed by atoms with Crippen molar-refractivity contribution in [3.63, 3.8) is 0 Å². The summed E-state index contributed by atoms with van der Waals surface area (Å²) >= 11 is 0. The second kappa shape index (κ2) is 6.12. The lowest BCUT2D eigenvalue weighted by Crippen LogP contribution is -2.21. The minimum atomic E-state index is -0.266. The summed E-state index contributed by atoms with van der Waals surface area (Å²) in [5, 5.41) is 11.8. The molecule has 3 aromatic carbocycles. The summed E-state index contributed by atoms with van der Waals surface area (Å²) in [4.78, 5) is 0. The van der Waals surface area contributed by atoms with Gasteiger partial charge in [0.2, 0.25) is 5.88 Å². The van der Waals surface area contributed by atoms with Crippen molar-refractivity contribution in [1.29, 1.82) is 5.26 Å². The molecule has 1 aliphatic rings. The minimum absolute atomic E-state index is 0.162. The van der Waals surface area contributed by atoms with E-state index < -0.39 is 0 Å². The third-order valence-electron chi connectivity index (χ3n) is 4.86. The van der Waals surface area contributed by atoms with Gasteiger partial charge in [0, 0.05) is 10.9 Å². The average Bonchev–Trinajstić information content (AvgIpc) is 2.66. The van der Waals surface area contributed by atoms with Gasteiger partial charge in [-0.3, -0.25) is 0 Å². The van der Waals surface area contributed by atoms with E-state index in [1.54, 1.807) is 7.11 Å². The van der Waals surface area contributed by atoms with Gasteiger partial charge in [-0.15, -0.1) is 0 Å². The summed E-state index contributed by atoms with van der Waals surface area (Å²) in [5.74, 6) is 1.43. The highest BCUT2D eigenvalue weighted by molar-refractivity contribution is 5.90. The van der Waals surface area contributed by atoms with Gasteiger partial charge in [-0.1, -0.05) is 48.5 Å². The molecule has 1 atom stereocenters. The predicted octanol–water partition coefficient (Wildman–Crippen LogP) is 4.38. The second-order valence-corrected chi connectivity index (χ2v) is 6.36. The van der Waals surface area contributed by atoms with Gasteiger partial charge in [0.1, 0.15) is 23.1 Å². The van der Waals surface area contributed by atoms with Gasteiger partial charge in [0.15, 0.2) is 0 Å². The van der Waals surface area contributed by atoms with Crippen LogP contribution in [-0.4, -0.2) is 7.11 Å². The van der Waals surface area contributed by atoms with Gasteiger partial charge < -0.3 is 15.2 Å². The summed E-state index contributed by atoms with van der Waals surface area (Å²) in [6.45, 7) is 1.99. The molecule has 3 aromatic rings. The van der Waals surface area contributed by atoms with Crippen LogP contribution in [0, 0.1) is 18.3 Å². The lowest BCUT2D eigenvalue weighted by Gasteiger charge is -2.27. The van der Waals surface area contributed by atoms with Crippen LogP contribution in [0.5, 0.6) is 11.5 Å². The largest absolute Gasteiger partial charge is 0.496 e. The van der Waals surface area contributed by atoms with E-state index in [2.05, 4.69) is 12.1 Å². The molecule has 0 amide bonds. The molecule has 128 valence electrons. The molecule has 4 nitrogen and oxygen atoms in total. The first kappa shape index (κ1) is 16.0. The highest BCUT2D eigenvalue weighted by Crippen LogP contribution is 2.45. The maximum Gasteiger partial charge on any atom is 0.205 e. The van der Waals surface area contributed by atoms with Crippen LogP contribution in [0.3, 0.4) is 0 Å². The Morgan fingerprint density at radius 1 is 1.12 bits per heavy atom. The van der Waals surface area contributed by atoms with Crippen molar-refractivity contribution in [2.45, 2.75) is 12.8 Å². The molecule has 2 N–H and O–H groups in total. The topological polar surface area (TPSA) is 68.3 Å². The number of nitriles is 1. The van der Waals surface area contributed by atoms with Crippen molar-refractivity contribution >= 4 is 10.8 Å². The number of benzene rings is 3. The van der Waals surface area contributed by atoms with E-state index in [0.717, 1.165) is 39.0 Å². The Labute approximate surface area is 152 Å². The number of ether oxygens (including phenoxy) is 2. The van der Waals surface area contributed by atoms with Crippen LogP contribution in [0.4, 0.5) is 0 Å². The number of hydrogen-bond donors (Lipinski definition) is 1. The highest BCUT2D eigenvalue weighted by Gasteiger charge is 2.31. The van der Waals surface area contributed by atoms with Crippen molar-refractivity contribution in [1.82, 2.24) is 0 Å². The molecule has 0 bridgehead atoms. The molecular formula is C22H18N2O2. The fourth-order valence-corrected chi connectivity index (χ4v) is 3.61. The van der Waals surface area contributed by atoms with E-state index in [1.165, 1.54) is 0 Å². The van der Waals surface area contributed by atoms with Crippen LogP contribution < -0.4 is 15.2 Å². The van der Waals surface area contributed by atoms with Crippen LogP contribution in [-0.2, 0) is 0 Å². The molecule has 0 saturated heterocycles. The molecule has 4 rings (SSSR count). The second-order valence-electron chi connectivity index (χ2n) is 6.36. The zero-order valence-electron chi connectivity index (χ0n) is 14.6. The Morgan fingerprint density at radius 2 is 1.92 bits per heavy atom. The molecule has 4 heteroatoms. The molecule has 0 radical (unpaired) electrons. The van der Waals surface area contributed by atoms with E-state index in [0.29, 0.717) is 5.57 Å². The molecule has 0 fully saturated rings. The quantitative estimate of drug-likeness (QED) is 0.750. The summed E-state index contributed by atoms with van der Waals surface area (Å²) in [7, 11) is 1.65. The summed E-state index contributed by atoms with van der Waals surface area (Å²) in [5.41, 5.74) is 9.50. The Bertz CT molecular complexity index is 1090. The van der Waals surface area contributed by atoms with Crippen LogP contribution in [0.2, 0.25) is 0 Å². The minimum Gasteiger partial charge on any atom is -0.496 e. The van der Waals surface area contributed by atoms with Crippen LogP contribution in [0.25, 0.3) is 10.8 Å². The van der Waals surface area contributed by atoms with Crippen molar-refractivity contribution in [3.05, 3.63) is 82.7 Å². The fraction of sp³-hybridized carbons (Fsp3) is 0.136. The summed E-state index contributed by atoms with van der Waals surface area (Å²) < 4.78 is 11.2. The van der Waals surface area contributed by atoms with E-state index in [4.69, 9.17) is 15.2 Å². The average molecular weight is 342 g/mol. The number of methoxy groups -OCH3 is 1. The Hall–Kier alpha value is -3.45. The molecule has 0 spiro atoms. The zero-order chi connectivity index (χ0) is 18.3. The number of aryl methyl sites for hydroxylation is 1.